The van der Waals surface area contributed by atoms with Crippen LogP contribution in [0.25, 0.3) is 5.82 Å². The molecule has 0 spiro atoms. The van der Waals surface area contributed by atoms with E-state index in [1.54, 1.807) is 12.3 Å². The van der Waals surface area contributed by atoms with Gasteiger partial charge in [0.25, 0.3) is 5.91 Å². The van der Waals surface area contributed by atoms with Crippen molar-refractivity contribution >= 4 is 11.7 Å². The Hall–Kier alpha value is -3.50. The number of alkyl halides is 3. The zero-order valence-corrected chi connectivity index (χ0v) is 17.8. The molecule has 3 atom stereocenters. The molecule has 5 heterocycles. The minimum Gasteiger partial charge on any atom is -0.365 e. The van der Waals surface area contributed by atoms with Crippen LogP contribution in [0, 0.1) is 12.8 Å². The molecular weight excluding hydrogens is 435 g/mol. The Morgan fingerprint density at radius 1 is 1.12 bits per heavy atom. The highest BCUT2D eigenvalue weighted by molar-refractivity contribution is 5.97. The van der Waals surface area contributed by atoms with E-state index < -0.39 is 11.7 Å². The number of carbonyl (C=O) groups excluding carboxylic acids is 1. The van der Waals surface area contributed by atoms with Crippen LogP contribution in [-0.2, 0) is 6.18 Å². The Morgan fingerprint density at radius 3 is 2.58 bits per heavy atom. The van der Waals surface area contributed by atoms with E-state index >= 15 is 0 Å². The molecule has 33 heavy (non-hydrogen) atoms. The first-order valence-electron chi connectivity index (χ1n) is 10.7. The molecule has 1 saturated carbocycles. The zero-order chi connectivity index (χ0) is 23.2. The van der Waals surface area contributed by atoms with Crippen molar-refractivity contribution in [1.82, 2.24) is 29.9 Å². The number of rotatable bonds is 4. The van der Waals surface area contributed by atoms with Crippen molar-refractivity contribution in [2.75, 3.05) is 11.9 Å². The maximum Gasteiger partial charge on any atom is 0.417 e. The van der Waals surface area contributed by atoms with Gasteiger partial charge in [0.05, 0.1) is 29.6 Å². The highest BCUT2D eigenvalue weighted by Gasteiger charge is 2.44. The van der Waals surface area contributed by atoms with Gasteiger partial charge in [0.15, 0.2) is 5.82 Å². The number of halogens is 3. The molecule has 3 aromatic heterocycles. The predicted octanol–water partition coefficient (Wildman–Crippen LogP) is 3.49. The average molecular weight is 457 g/mol. The van der Waals surface area contributed by atoms with E-state index in [0.717, 1.165) is 37.1 Å². The van der Waals surface area contributed by atoms with Gasteiger partial charge in [0.2, 0.25) is 0 Å². The molecule has 11 heteroatoms. The second-order valence-corrected chi connectivity index (χ2v) is 8.59. The molecule has 0 unspecified atom stereocenters. The lowest BCUT2D eigenvalue weighted by Gasteiger charge is -2.50. The molecular formula is C22H22F3N7O. The van der Waals surface area contributed by atoms with E-state index in [0.29, 0.717) is 29.7 Å². The number of amides is 1. The van der Waals surface area contributed by atoms with Gasteiger partial charge in [0, 0.05) is 25.0 Å². The number of anilines is 1. The highest BCUT2D eigenvalue weighted by atomic mass is 19.4. The van der Waals surface area contributed by atoms with E-state index in [9.17, 15) is 18.0 Å². The number of nitrogens with zero attached hydrogens (tertiary/aromatic N) is 6. The summed E-state index contributed by atoms with van der Waals surface area (Å²) in [5, 5.41) is 11.5. The first-order valence-corrected chi connectivity index (χ1v) is 10.7. The maximum atomic E-state index is 13.7. The topological polar surface area (TPSA) is 88.8 Å². The van der Waals surface area contributed by atoms with Crippen molar-refractivity contribution in [3.63, 3.8) is 0 Å². The van der Waals surface area contributed by atoms with Gasteiger partial charge < -0.3 is 10.2 Å². The van der Waals surface area contributed by atoms with E-state index in [1.165, 1.54) is 23.3 Å². The number of aryl methyl sites for hydroxylation is 1. The number of nitrogens with one attached hydrogen (secondary N) is 1. The van der Waals surface area contributed by atoms with E-state index in [4.69, 9.17) is 0 Å². The second-order valence-electron chi connectivity index (χ2n) is 8.59. The molecule has 3 aromatic rings. The minimum atomic E-state index is -4.43. The van der Waals surface area contributed by atoms with Crippen LogP contribution in [0.4, 0.5) is 19.0 Å². The molecule has 172 valence electrons. The molecule has 1 aliphatic carbocycles. The van der Waals surface area contributed by atoms with Crippen LogP contribution in [0.5, 0.6) is 0 Å². The first kappa shape index (κ1) is 21.4. The predicted molar refractivity (Wildman–Crippen MR) is 113 cm³/mol. The van der Waals surface area contributed by atoms with Gasteiger partial charge in [-0.3, -0.25) is 4.79 Å². The van der Waals surface area contributed by atoms with Crippen LogP contribution >= 0.6 is 0 Å². The smallest absolute Gasteiger partial charge is 0.365 e. The van der Waals surface area contributed by atoms with Crippen LogP contribution in [0.2, 0.25) is 0 Å². The number of carbonyl (C=O) groups is 1. The average Bonchev–Trinajstić information content (AvgIpc) is 3.33. The summed E-state index contributed by atoms with van der Waals surface area (Å²) in [5.41, 5.74) is 0.479. The summed E-state index contributed by atoms with van der Waals surface area (Å²) in [6.45, 7) is 2.50. The summed E-state index contributed by atoms with van der Waals surface area (Å²) >= 11 is 0. The highest BCUT2D eigenvalue weighted by Crippen LogP contribution is 2.38. The van der Waals surface area contributed by atoms with Crippen LogP contribution < -0.4 is 5.32 Å². The lowest BCUT2D eigenvalue weighted by atomic mass is 9.76. The standard InChI is InChI=1S/C22H22F3N7O/c1-13-8-16(20(27-10-13)32-28-6-7-29-32)21(33)31-12-14-2-4-18(31)17(9-14)30-19-5-3-15(11-26-19)22(23,24)25/h3,5-8,10-11,14,17-18H,2,4,9,12H2,1H3,(H,26,30)/t14-,17-,18+/m1/s1. The second kappa shape index (κ2) is 8.13. The Kier molecular flexibility index (Phi) is 5.26. The zero-order valence-electron chi connectivity index (χ0n) is 17.8. The molecule has 1 N–H and O–H groups in total. The van der Waals surface area contributed by atoms with Crippen molar-refractivity contribution in [2.24, 2.45) is 5.92 Å². The molecule has 8 nitrogen and oxygen atoms in total. The third-order valence-electron chi connectivity index (χ3n) is 6.30. The summed E-state index contributed by atoms with van der Waals surface area (Å²) in [7, 11) is 0. The normalized spacial score (nSPS) is 22.4. The molecule has 6 rings (SSSR count). The number of hydrogen-bond donors (Lipinski definition) is 1. The number of pyridine rings is 2. The van der Waals surface area contributed by atoms with Gasteiger partial charge in [-0.2, -0.15) is 23.4 Å². The molecule has 2 saturated heterocycles. The van der Waals surface area contributed by atoms with Crippen LogP contribution in [0.15, 0.2) is 43.0 Å². The monoisotopic (exact) mass is 457 g/mol. The summed E-state index contributed by atoms with van der Waals surface area (Å²) in [4.78, 5) is 25.2. The van der Waals surface area contributed by atoms with E-state index in [-0.39, 0.29) is 18.0 Å². The SMILES string of the molecule is Cc1cnc(-n2nccn2)c(C(=O)N2C[C@@H]3CC[C@H]2[C@H](Nc2ccc(C(F)(F)F)cn2)C3)c1. The van der Waals surface area contributed by atoms with Crippen LogP contribution in [0.1, 0.15) is 40.7 Å². The lowest BCUT2D eigenvalue weighted by Crippen LogP contribution is -2.60. The van der Waals surface area contributed by atoms with Gasteiger partial charge in [-0.05, 0) is 55.9 Å². The van der Waals surface area contributed by atoms with Crippen molar-refractivity contribution in [3.8, 4) is 5.82 Å². The van der Waals surface area contributed by atoms with Crippen molar-refractivity contribution in [2.45, 2.75) is 44.4 Å². The van der Waals surface area contributed by atoms with Crippen LogP contribution in [0.3, 0.4) is 0 Å². The molecule has 2 bridgehead atoms. The maximum absolute atomic E-state index is 13.7. The molecule has 2 aliphatic heterocycles. The number of hydrogen-bond acceptors (Lipinski definition) is 6. The van der Waals surface area contributed by atoms with Crippen molar-refractivity contribution in [3.05, 3.63) is 59.7 Å². The van der Waals surface area contributed by atoms with Gasteiger partial charge in [-0.25, -0.2) is 9.97 Å². The van der Waals surface area contributed by atoms with Crippen molar-refractivity contribution < 1.29 is 18.0 Å². The number of aromatic nitrogens is 5. The lowest BCUT2D eigenvalue weighted by molar-refractivity contribution is -0.137. The Labute approximate surface area is 187 Å². The number of fused-ring (bicyclic) bond motifs is 3. The van der Waals surface area contributed by atoms with Gasteiger partial charge in [-0.15, -0.1) is 4.80 Å². The third-order valence-corrected chi connectivity index (χ3v) is 6.30. The molecule has 0 aromatic carbocycles. The molecule has 3 fully saturated rings. The first-order chi connectivity index (χ1) is 15.8. The Balaban J connectivity index is 1.39. The minimum absolute atomic E-state index is 0.102. The Morgan fingerprint density at radius 2 is 1.91 bits per heavy atom. The quantitative estimate of drug-likeness (QED) is 0.645. The van der Waals surface area contributed by atoms with Crippen LogP contribution in [-0.4, -0.2) is 54.4 Å². The van der Waals surface area contributed by atoms with E-state index in [2.05, 4.69) is 25.5 Å². The fraction of sp³-hybridized carbons (Fsp3) is 0.409. The van der Waals surface area contributed by atoms with Gasteiger partial charge in [0.1, 0.15) is 5.82 Å². The van der Waals surface area contributed by atoms with Gasteiger partial charge in [-0.1, -0.05) is 0 Å². The summed E-state index contributed by atoms with van der Waals surface area (Å²) < 4.78 is 38.5. The fourth-order valence-electron chi connectivity index (χ4n) is 4.78. The third kappa shape index (κ3) is 4.14. The molecule has 0 radical (unpaired) electrons. The largest absolute Gasteiger partial charge is 0.417 e. The van der Waals surface area contributed by atoms with E-state index in [1.807, 2.05) is 11.8 Å². The fourth-order valence-corrected chi connectivity index (χ4v) is 4.78. The molecule has 1 amide bonds. The van der Waals surface area contributed by atoms with Crippen molar-refractivity contribution in [1.29, 1.82) is 0 Å². The Bertz CT molecular complexity index is 1150. The summed E-state index contributed by atoms with van der Waals surface area (Å²) in [6, 6.07) is 3.93. The van der Waals surface area contributed by atoms with Gasteiger partial charge >= 0.3 is 6.18 Å². The molecule has 3 aliphatic rings. The summed E-state index contributed by atoms with van der Waals surface area (Å²) in [6.07, 6.45) is 3.76. The number of piperidine rings is 2. The summed E-state index contributed by atoms with van der Waals surface area (Å²) in [5.74, 6) is 0.882.